The highest BCUT2D eigenvalue weighted by atomic mass is 35.5. The number of ether oxygens (including phenoxy) is 1. The summed E-state index contributed by atoms with van der Waals surface area (Å²) in [6.07, 6.45) is 0. The van der Waals surface area contributed by atoms with Crippen molar-refractivity contribution in [1.82, 2.24) is 9.78 Å². The maximum atomic E-state index is 13.2. The number of anilines is 1. The molecule has 2 aromatic carbocycles. The second-order valence-corrected chi connectivity index (χ2v) is 8.02. The molecule has 0 aliphatic carbocycles. The summed E-state index contributed by atoms with van der Waals surface area (Å²) in [5, 5.41) is 8.22. The van der Waals surface area contributed by atoms with E-state index in [-0.39, 0.29) is 5.69 Å². The lowest BCUT2D eigenvalue weighted by molar-refractivity contribution is -0.119. The molecular formula is C21H14ClF2N3O3S. The van der Waals surface area contributed by atoms with E-state index in [1.54, 1.807) is 22.9 Å². The molecule has 6 nitrogen and oxygen atoms in total. The number of rotatable bonds is 5. The first kappa shape index (κ1) is 21.0. The van der Waals surface area contributed by atoms with Crippen LogP contribution in [0.25, 0.3) is 15.9 Å². The fourth-order valence-corrected chi connectivity index (χ4v) is 4.08. The van der Waals surface area contributed by atoms with Crippen LogP contribution < -0.4 is 5.32 Å². The summed E-state index contributed by atoms with van der Waals surface area (Å²) in [6, 6.07) is 11.7. The van der Waals surface area contributed by atoms with Crippen LogP contribution in [0.3, 0.4) is 0 Å². The Morgan fingerprint density at radius 1 is 1.13 bits per heavy atom. The van der Waals surface area contributed by atoms with Gasteiger partial charge in [-0.1, -0.05) is 11.6 Å². The SMILES string of the molecule is Cc1nn(-c2ccc(Cl)cc2)c2sc(C(=O)OCC(=O)Nc3ccc(F)c(F)c3)cc12. The molecule has 2 aromatic heterocycles. The highest BCUT2D eigenvalue weighted by molar-refractivity contribution is 7.20. The predicted octanol–water partition coefficient (Wildman–Crippen LogP) is 5.12. The molecule has 4 rings (SSSR count). The third-order valence-electron chi connectivity index (χ3n) is 4.35. The molecule has 0 atom stereocenters. The monoisotopic (exact) mass is 461 g/mol. The van der Waals surface area contributed by atoms with E-state index >= 15 is 0 Å². The largest absolute Gasteiger partial charge is 0.451 e. The molecule has 0 fully saturated rings. The minimum Gasteiger partial charge on any atom is -0.451 e. The lowest BCUT2D eigenvalue weighted by Crippen LogP contribution is -2.20. The Morgan fingerprint density at radius 3 is 2.58 bits per heavy atom. The molecular weight excluding hydrogens is 448 g/mol. The molecule has 1 N–H and O–H groups in total. The van der Waals surface area contributed by atoms with Gasteiger partial charge in [-0.2, -0.15) is 5.10 Å². The number of benzene rings is 2. The Morgan fingerprint density at radius 2 is 1.87 bits per heavy atom. The number of halogens is 3. The van der Waals surface area contributed by atoms with Crippen LogP contribution in [0.5, 0.6) is 0 Å². The van der Waals surface area contributed by atoms with E-state index in [9.17, 15) is 18.4 Å². The van der Waals surface area contributed by atoms with Crippen molar-refractivity contribution in [3.05, 3.63) is 75.8 Å². The Kier molecular flexibility index (Phi) is 5.71. The van der Waals surface area contributed by atoms with Gasteiger partial charge in [-0.25, -0.2) is 18.3 Å². The minimum absolute atomic E-state index is 0.0560. The number of aryl methyl sites for hydroxylation is 1. The zero-order chi connectivity index (χ0) is 22.1. The second kappa shape index (κ2) is 8.44. The lowest BCUT2D eigenvalue weighted by atomic mass is 10.3. The van der Waals surface area contributed by atoms with Gasteiger partial charge in [0, 0.05) is 22.2 Å². The zero-order valence-corrected chi connectivity index (χ0v) is 17.6. The molecule has 1 amide bonds. The molecule has 10 heteroatoms. The third-order valence-corrected chi connectivity index (χ3v) is 5.70. The maximum absolute atomic E-state index is 13.2. The number of nitrogens with zero attached hydrogens (tertiary/aromatic N) is 2. The van der Waals surface area contributed by atoms with Crippen molar-refractivity contribution in [3.63, 3.8) is 0 Å². The van der Waals surface area contributed by atoms with Crippen LogP contribution in [-0.2, 0) is 9.53 Å². The fourth-order valence-electron chi connectivity index (χ4n) is 2.88. The number of fused-ring (bicyclic) bond motifs is 1. The number of carbonyl (C=O) groups is 2. The molecule has 0 unspecified atom stereocenters. The Balaban J connectivity index is 1.46. The number of nitrogens with one attached hydrogen (secondary N) is 1. The number of aromatic nitrogens is 2. The van der Waals surface area contributed by atoms with Gasteiger partial charge < -0.3 is 10.1 Å². The van der Waals surface area contributed by atoms with Gasteiger partial charge in [-0.05, 0) is 49.4 Å². The van der Waals surface area contributed by atoms with Crippen molar-refractivity contribution in [2.45, 2.75) is 6.92 Å². The fraction of sp³-hybridized carbons (Fsp3) is 0.0952. The van der Waals surface area contributed by atoms with Crippen molar-refractivity contribution in [3.8, 4) is 5.69 Å². The van der Waals surface area contributed by atoms with Crippen molar-refractivity contribution in [1.29, 1.82) is 0 Å². The van der Waals surface area contributed by atoms with Crippen LogP contribution in [0.15, 0.2) is 48.5 Å². The van der Waals surface area contributed by atoms with Crippen LogP contribution in [-0.4, -0.2) is 28.3 Å². The molecule has 31 heavy (non-hydrogen) atoms. The third kappa shape index (κ3) is 4.42. The van der Waals surface area contributed by atoms with E-state index < -0.39 is 30.1 Å². The van der Waals surface area contributed by atoms with Crippen LogP contribution >= 0.6 is 22.9 Å². The second-order valence-electron chi connectivity index (χ2n) is 6.56. The first-order valence-electron chi connectivity index (χ1n) is 8.99. The highest BCUT2D eigenvalue weighted by Gasteiger charge is 2.19. The summed E-state index contributed by atoms with van der Waals surface area (Å²) in [6.45, 7) is 1.25. The first-order valence-corrected chi connectivity index (χ1v) is 10.2. The van der Waals surface area contributed by atoms with Gasteiger partial charge in [0.1, 0.15) is 9.71 Å². The molecule has 0 bridgehead atoms. The summed E-state index contributed by atoms with van der Waals surface area (Å²) in [7, 11) is 0. The van der Waals surface area contributed by atoms with Gasteiger partial charge in [-0.15, -0.1) is 11.3 Å². The van der Waals surface area contributed by atoms with Crippen LogP contribution in [0.2, 0.25) is 5.02 Å². The number of esters is 1. The van der Waals surface area contributed by atoms with Gasteiger partial charge in [0.15, 0.2) is 18.2 Å². The molecule has 0 aliphatic rings. The van der Waals surface area contributed by atoms with Gasteiger partial charge in [0.05, 0.1) is 11.4 Å². The number of hydrogen-bond acceptors (Lipinski definition) is 5. The van der Waals surface area contributed by atoms with E-state index in [0.717, 1.165) is 33.7 Å². The standard InChI is InChI=1S/C21H14ClF2N3O3S/c1-11-15-9-18(31-20(15)27(26-11)14-5-2-12(22)3-6-14)21(29)30-10-19(28)25-13-4-7-16(23)17(24)8-13/h2-9H,10H2,1H3,(H,25,28). The Labute approximate surface area is 184 Å². The van der Waals surface area contributed by atoms with Gasteiger partial charge >= 0.3 is 5.97 Å². The van der Waals surface area contributed by atoms with E-state index in [1.807, 2.05) is 19.1 Å². The first-order chi connectivity index (χ1) is 14.8. The minimum atomic E-state index is -1.09. The molecule has 0 spiro atoms. The molecule has 0 aliphatic heterocycles. The normalized spacial score (nSPS) is 11.0. The molecule has 0 saturated heterocycles. The van der Waals surface area contributed by atoms with E-state index in [4.69, 9.17) is 16.3 Å². The molecule has 0 radical (unpaired) electrons. The number of hydrogen-bond donors (Lipinski definition) is 1. The molecule has 2 heterocycles. The van der Waals surface area contributed by atoms with E-state index in [0.29, 0.717) is 9.90 Å². The Hall–Kier alpha value is -3.30. The van der Waals surface area contributed by atoms with Gasteiger partial charge in [0.2, 0.25) is 0 Å². The summed E-state index contributed by atoms with van der Waals surface area (Å²) < 4.78 is 32.9. The van der Waals surface area contributed by atoms with Crippen LogP contribution in [0, 0.1) is 18.6 Å². The smallest absolute Gasteiger partial charge is 0.348 e. The predicted molar refractivity (Wildman–Crippen MR) is 114 cm³/mol. The van der Waals surface area contributed by atoms with Crippen molar-refractivity contribution < 1.29 is 23.1 Å². The van der Waals surface area contributed by atoms with Gasteiger partial charge in [-0.3, -0.25) is 4.79 Å². The molecule has 4 aromatic rings. The summed E-state index contributed by atoms with van der Waals surface area (Å²) in [4.78, 5) is 25.4. The van der Waals surface area contributed by atoms with Crippen LogP contribution in [0.1, 0.15) is 15.4 Å². The van der Waals surface area contributed by atoms with Crippen molar-refractivity contribution >= 4 is 50.7 Å². The molecule has 0 saturated carbocycles. The Bertz CT molecular complexity index is 1300. The quantitative estimate of drug-likeness (QED) is 0.418. The summed E-state index contributed by atoms with van der Waals surface area (Å²) in [5.74, 6) is -3.47. The average molecular weight is 462 g/mol. The summed E-state index contributed by atoms with van der Waals surface area (Å²) >= 11 is 7.12. The highest BCUT2D eigenvalue weighted by Crippen LogP contribution is 2.31. The topological polar surface area (TPSA) is 73.2 Å². The zero-order valence-electron chi connectivity index (χ0n) is 16.0. The van der Waals surface area contributed by atoms with E-state index in [1.165, 1.54) is 17.4 Å². The summed E-state index contributed by atoms with van der Waals surface area (Å²) in [5.41, 5.74) is 1.58. The number of amides is 1. The maximum Gasteiger partial charge on any atom is 0.348 e. The average Bonchev–Trinajstić information content (AvgIpc) is 3.30. The number of thiophene rings is 1. The van der Waals surface area contributed by atoms with Crippen LogP contribution in [0.4, 0.5) is 14.5 Å². The molecule has 158 valence electrons. The van der Waals surface area contributed by atoms with Gasteiger partial charge in [0.25, 0.3) is 5.91 Å². The van der Waals surface area contributed by atoms with Crippen molar-refractivity contribution in [2.24, 2.45) is 0 Å². The van der Waals surface area contributed by atoms with Crippen molar-refractivity contribution in [2.75, 3.05) is 11.9 Å². The lowest BCUT2D eigenvalue weighted by Gasteiger charge is -2.06. The van der Waals surface area contributed by atoms with E-state index in [2.05, 4.69) is 10.4 Å². The number of carbonyl (C=O) groups excluding carboxylic acids is 2.